The molecule has 1 heterocycles. The van der Waals surface area contributed by atoms with Crippen molar-refractivity contribution in [1.29, 1.82) is 0 Å². The molecule has 1 N–H and O–H groups in total. The Morgan fingerprint density at radius 3 is 2.62 bits per heavy atom. The largest absolute Gasteiger partial charge is 0.493 e. The molecule has 0 radical (unpaired) electrons. The van der Waals surface area contributed by atoms with Crippen molar-refractivity contribution in [2.45, 2.75) is 19.9 Å². The maximum Gasteiger partial charge on any atom is 0.338 e. The third-order valence-electron chi connectivity index (χ3n) is 4.28. The topological polar surface area (TPSA) is 87.0 Å². The van der Waals surface area contributed by atoms with Crippen LogP contribution in [-0.2, 0) is 9.53 Å². The summed E-state index contributed by atoms with van der Waals surface area (Å²) in [6, 6.07) is 13.8. The molecule has 0 unspecified atom stereocenters. The van der Waals surface area contributed by atoms with Gasteiger partial charge in [-0.15, -0.1) is 0 Å². The van der Waals surface area contributed by atoms with Gasteiger partial charge in [0.25, 0.3) is 5.91 Å². The van der Waals surface area contributed by atoms with Gasteiger partial charge in [0.05, 0.1) is 25.3 Å². The number of carbonyl (C=O) groups excluding carboxylic acids is 2. The summed E-state index contributed by atoms with van der Waals surface area (Å²) in [5, 5.41) is 3.72. The van der Waals surface area contributed by atoms with Crippen LogP contribution in [0.25, 0.3) is 11.0 Å². The Morgan fingerprint density at radius 2 is 1.90 bits per heavy atom. The van der Waals surface area contributed by atoms with Crippen molar-refractivity contribution in [3.05, 3.63) is 59.9 Å². The van der Waals surface area contributed by atoms with Crippen LogP contribution < -0.4 is 14.8 Å². The van der Waals surface area contributed by atoms with E-state index < -0.39 is 18.5 Å². The van der Waals surface area contributed by atoms with Gasteiger partial charge in [-0.3, -0.25) is 4.79 Å². The number of rotatable bonds is 8. The van der Waals surface area contributed by atoms with E-state index in [-0.39, 0.29) is 11.6 Å². The summed E-state index contributed by atoms with van der Waals surface area (Å²) in [5.41, 5.74) is 1.02. The number of carbonyl (C=O) groups is 2. The highest BCUT2D eigenvalue weighted by Gasteiger charge is 2.17. The van der Waals surface area contributed by atoms with Crippen LogP contribution in [0.3, 0.4) is 0 Å². The lowest BCUT2D eigenvalue weighted by Gasteiger charge is -2.12. The molecular formula is C22H23NO6. The summed E-state index contributed by atoms with van der Waals surface area (Å²) in [6.07, 6.45) is 0. The van der Waals surface area contributed by atoms with Gasteiger partial charge < -0.3 is 23.9 Å². The lowest BCUT2D eigenvalue weighted by atomic mass is 10.2. The maximum atomic E-state index is 12.2. The average Bonchev–Trinajstić information content (AvgIpc) is 3.17. The Balaban J connectivity index is 1.56. The van der Waals surface area contributed by atoms with Crippen LogP contribution in [0.2, 0.25) is 0 Å². The number of ether oxygens (including phenoxy) is 3. The summed E-state index contributed by atoms with van der Waals surface area (Å²) < 4.78 is 21.5. The number of para-hydroxylation sites is 1. The predicted molar refractivity (Wildman–Crippen MR) is 107 cm³/mol. The van der Waals surface area contributed by atoms with Gasteiger partial charge in [-0.25, -0.2) is 4.79 Å². The summed E-state index contributed by atoms with van der Waals surface area (Å²) >= 11 is 0. The molecule has 0 aliphatic heterocycles. The average molecular weight is 397 g/mol. The number of hydrogen-bond donors (Lipinski definition) is 1. The third-order valence-corrected chi connectivity index (χ3v) is 4.28. The van der Waals surface area contributed by atoms with Crippen LogP contribution in [0.1, 0.15) is 36.0 Å². The number of hydrogen-bond acceptors (Lipinski definition) is 6. The van der Waals surface area contributed by atoms with E-state index in [2.05, 4.69) is 5.32 Å². The first-order valence-electron chi connectivity index (χ1n) is 9.27. The maximum absolute atomic E-state index is 12.2. The van der Waals surface area contributed by atoms with E-state index in [1.807, 2.05) is 37.3 Å². The van der Waals surface area contributed by atoms with Crippen LogP contribution in [0, 0.1) is 0 Å². The van der Waals surface area contributed by atoms with Crippen LogP contribution >= 0.6 is 0 Å². The molecule has 152 valence electrons. The lowest BCUT2D eigenvalue weighted by Crippen LogP contribution is -2.31. The molecule has 0 fully saturated rings. The van der Waals surface area contributed by atoms with Gasteiger partial charge in [-0.2, -0.15) is 0 Å². The number of furan rings is 1. The zero-order valence-corrected chi connectivity index (χ0v) is 16.6. The third kappa shape index (κ3) is 4.87. The fourth-order valence-corrected chi connectivity index (χ4v) is 2.85. The van der Waals surface area contributed by atoms with Gasteiger partial charge in [-0.05, 0) is 44.2 Å². The Bertz CT molecular complexity index is 976. The van der Waals surface area contributed by atoms with Gasteiger partial charge in [0.1, 0.15) is 11.3 Å². The van der Waals surface area contributed by atoms with Gasteiger partial charge in [0, 0.05) is 5.39 Å². The summed E-state index contributed by atoms with van der Waals surface area (Å²) in [7, 11) is 1.49. The van der Waals surface area contributed by atoms with Crippen LogP contribution in [0.4, 0.5) is 0 Å². The molecule has 0 aliphatic carbocycles. The highest BCUT2D eigenvalue weighted by molar-refractivity contribution is 5.92. The lowest BCUT2D eigenvalue weighted by molar-refractivity contribution is -0.125. The molecule has 2 aromatic carbocycles. The van der Waals surface area contributed by atoms with Gasteiger partial charge >= 0.3 is 5.97 Å². The Hall–Kier alpha value is -3.48. The molecule has 1 amide bonds. The molecule has 1 aromatic heterocycles. The zero-order valence-electron chi connectivity index (χ0n) is 16.6. The fraction of sp³-hybridized carbons (Fsp3) is 0.273. The molecule has 3 rings (SSSR count). The van der Waals surface area contributed by atoms with Crippen molar-refractivity contribution < 1.29 is 28.2 Å². The Morgan fingerprint density at radius 1 is 1.10 bits per heavy atom. The first-order valence-corrected chi connectivity index (χ1v) is 9.27. The monoisotopic (exact) mass is 397 g/mol. The highest BCUT2D eigenvalue weighted by atomic mass is 16.5. The Kier molecular flexibility index (Phi) is 6.39. The van der Waals surface area contributed by atoms with Gasteiger partial charge in [0.15, 0.2) is 18.1 Å². The van der Waals surface area contributed by atoms with E-state index in [4.69, 9.17) is 18.6 Å². The number of benzene rings is 2. The molecular weight excluding hydrogens is 374 g/mol. The van der Waals surface area contributed by atoms with Crippen molar-refractivity contribution in [3.63, 3.8) is 0 Å². The highest BCUT2D eigenvalue weighted by Crippen LogP contribution is 2.28. The second kappa shape index (κ2) is 9.14. The minimum Gasteiger partial charge on any atom is -0.493 e. The molecule has 7 nitrogen and oxygen atoms in total. The van der Waals surface area contributed by atoms with E-state index in [0.29, 0.717) is 23.9 Å². The molecule has 0 bridgehead atoms. The van der Waals surface area contributed by atoms with Crippen LogP contribution in [0.5, 0.6) is 11.5 Å². The minimum atomic E-state index is -0.627. The molecule has 3 aromatic rings. The predicted octanol–water partition coefficient (Wildman–Crippen LogP) is 3.87. The summed E-state index contributed by atoms with van der Waals surface area (Å²) in [5.74, 6) is 0.525. The normalized spacial score (nSPS) is 11.7. The number of nitrogens with one attached hydrogen (secondary N) is 1. The molecule has 0 saturated carbocycles. The smallest absolute Gasteiger partial charge is 0.338 e. The van der Waals surface area contributed by atoms with Crippen molar-refractivity contribution >= 4 is 22.8 Å². The van der Waals surface area contributed by atoms with Gasteiger partial charge in [0.2, 0.25) is 0 Å². The number of methoxy groups -OCH3 is 1. The SMILES string of the molecule is CCOc1ccc(C(=O)OCC(=O)N[C@@H](C)c2cc3ccccc3o2)cc1OC. The number of fused-ring (bicyclic) bond motifs is 1. The second-order valence-corrected chi connectivity index (χ2v) is 6.35. The van der Waals surface area contributed by atoms with E-state index >= 15 is 0 Å². The molecule has 7 heteroatoms. The van der Waals surface area contributed by atoms with E-state index in [1.165, 1.54) is 13.2 Å². The van der Waals surface area contributed by atoms with Crippen molar-refractivity contribution in [3.8, 4) is 11.5 Å². The molecule has 0 spiro atoms. The molecule has 29 heavy (non-hydrogen) atoms. The van der Waals surface area contributed by atoms with Crippen molar-refractivity contribution in [2.75, 3.05) is 20.3 Å². The van der Waals surface area contributed by atoms with Crippen molar-refractivity contribution in [2.24, 2.45) is 0 Å². The summed E-state index contributed by atoms with van der Waals surface area (Å²) in [4.78, 5) is 24.4. The van der Waals surface area contributed by atoms with Crippen molar-refractivity contribution in [1.82, 2.24) is 5.32 Å². The Labute approximate surface area is 168 Å². The van der Waals surface area contributed by atoms with E-state index in [1.54, 1.807) is 19.1 Å². The zero-order chi connectivity index (χ0) is 20.8. The van der Waals surface area contributed by atoms with Gasteiger partial charge in [-0.1, -0.05) is 18.2 Å². The molecule has 1 atom stereocenters. The molecule has 0 aliphatic rings. The van der Waals surface area contributed by atoms with Crippen LogP contribution in [0.15, 0.2) is 52.9 Å². The first kappa shape index (κ1) is 20.3. The van der Waals surface area contributed by atoms with E-state index in [9.17, 15) is 9.59 Å². The van der Waals surface area contributed by atoms with E-state index in [0.717, 1.165) is 11.0 Å². The summed E-state index contributed by atoms with van der Waals surface area (Å²) in [6.45, 7) is 3.73. The first-order chi connectivity index (χ1) is 14.0. The number of esters is 1. The quantitative estimate of drug-likeness (QED) is 0.581. The standard InChI is InChI=1S/C22H23NO6/c1-4-27-18-10-9-16(12-20(18)26-3)22(25)28-13-21(24)23-14(2)19-11-15-7-5-6-8-17(15)29-19/h5-12,14H,4,13H2,1-3H3,(H,23,24)/t14-/m0/s1. The van der Waals surface area contributed by atoms with Crippen LogP contribution in [-0.4, -0.2) is 32.2 Å². The minimum absolute atomic E-state index is 0.267. The second-order valence-electron chi connectivity index (χ2n) is 6.35. The number of amides is 1. The fourth-order valence-electron chi connectivity index (χ4n) is 2.85. The molecule has 0 saturated heterocycles.